The highest BCUT2D eigenvalue weighted by atomic mass is 16.7. The predicted molar refractivity (Wildman–Crippen MR) is 182 cm³/mol. The molecule has 0 fully saturated rings. The lowest BCUT2D eigenvalue weighted by molar-refractivity contribution is -0.870. The molecule has 0 N–H and O–H groups in total. The molecule has 0 aliphatic rings. The summed E-state index contributed by atoms with van der Waals surface area (Å²) in [6, 6.07) is 0. The van der Waals surface area contributed by atoms with Crippen LogP contribution in [0.25, 0.3) is 0 Å². The Morgan fingerprint density at radius 2 is 1.13 bits per heavy atom. The number of aliphatic carboxylic acids is 1. The van der Waals surface area contributed by atoms with Crippen LogP contribution in [-0.2, 0) is 33.3 Å². The van der Waals surface area contributed by atoms with E-state index in [1.54, 1.807) is 0 Å². The monoisotopic (exact) mass is 656 g/mol. The normalized spacial score (nSPS) is 13.2. The minimum Gasteiger partial charge on any atom is -0.545 e. The summed E-state index contributed by atoms with van der Waals surface area (Å²) < 4.78 is 22.4. The molecule has 0 saturated carbocycles. The Hall–Kier alpha value is -1.97. The third-order valence-electron chi connectivity index (χ3n) is 7.76. The van der Waals surface area contributed by atoms with E-state index in [0.29, 0.717) is 23.9 Å². The molecule has 2 unspecified atom stereocenters. The van der Waals surface area contributed by atoms with Crippen LogP contribution in [0.3, 0.4) is 0 Å². The Morgan fingerprint density at radius 3 is 1.67 bits per heavy atom. The van der Waals surface area contributed by atoms with Crippen LogP contribution < -0.4 is 5.11 Å². The van der Waals surface area contributed by atoms with Crippen molar-refractivity contribution >= 4 is 17.9 Å². The van der Waals surface area contributed by atoms with Crippen molar-refractivity contribution in [2.75, 3.05) is 47.5 Å². The molecule has 0 aliphatic carbocycles. The van der Waals surface area contributed by atoms with E-state index in [1.807, 2.05) is 21.1 Å². The van der Waals surface area contributed by atoms with Gasteiger partial charge in [-0.2, -0.15) is 0 Å². The van der Waals surface area contributed by atoms with E-state index in [-0.39, 0.29) is 32.2 Å². The fourth-order valence-electron chi connectivity index (χ4n) is 4.81. The fourth-order valence-corrected chi connectivity index (χ4v) is 4.81. The number of esters is 2. The van der Waals surface area contributed by atoms with Gasteiger partial charge in [-0.25, -0.2) is 0 Å². The van der Waals surface area contributed by atoms with E-state index in [0.717, 1.165) is 57.8 Å². The van der Waals surface area contributed by atoms with E-state index < -0.39 is 24.3 Å². The number of carboxylic acids is 1. The van der Waals surface area contributed by atoms with E-state index in [4.69, 9.17) is 18.9 Å². The molecule has 0 saturated heterocycles. The van der Waals surface area contributed by atoms with E-state index in [9.17, 15) is 19.5 Å². The summed E-state index contributed by atoms with van der Waals surface area (Å²) in [7, 11) is 5.89. The minimum atomic E-state index is -1.61. The molecule has 270 valence electrons. The van der Waals surface area contributed by atoms with Gasteiger partial charge in [-0.05, 0) is 32.1 Å². The summed E-state index contributed by atoms with van der Waals surface area (Å²) in [5, 5.41) is 11.6. The second-order valence-electron chi connectivity index (χ2n) is 13.5. The molecular weight excluding hydrogens is 586 g/mol. The van der Waals surface area contributed by atoms with Gasteiger partial charge in [-0.3, -0.25) is 9.59 Å². The maximum absolute atomic E-state index is 12.6. The van der Waals surface area contributed by atoms with Crippen LogP contribution in [0.1, 0.15) is 149 Å². The van der Waals surface area contributed by atoms with Crippen molar-refractivity contribution in [3.63, 3.8) is 0 Å². The van der Waals surface area contributed by atoms with Crippen LogP contribution in [0, 0.1) is 0 Å². The molecular formula is C37H69NO8. The Balaban J connectivity index is 4.58. The molecule has 0 aromatic heterocycles. The van der Waals surface area contributed by atoms with Gasteiger partial charge in [-0.15, -0.1) is 0 Å². The molecule has 0 amide bonds. The van der Waals surface area contributed by atoms with Gasteiger partial charge in [0.05, 0.1) is 40.3 Å². The quantitative estimate of drug-likeness (QED) is 0.0243. The smallest absolute Gasteiger partial charge is 0.306 e. The Kier molecular flexibility index (Phi) is 29.1. The van der Waals surface area contributed by atoms with Crippen molar-refractivity contribution < 1.29 is 42.9 Å². The number of ether oxygens (including phenoxy) is 4. The van der Waals surface area contributed by atoms with Gasteiger partial charge in [-0.1, -0.05) is 116 Å². The first-order valence-corrected chi connectivity index (χ1v) is 18.3. The van der Waals surface area contributed by atoms with Crippen molar-refractivity contribution in [2.24, 2.45) is 0 Å². The molecule has 46 heavy (non-hydrogen) atoms. The number of hydrogen-bond acceptors (Lipinski definition) is 8. The van der Waals surface area contributed by atoms with Crippen molar-refractivity contribution in [2.45, 2.75) is 161 Å². The van der Waals surface area contributed by atoms with Gasteiger partial charge in [0.2, 0.25) is 0 Å². The van der Waals surface area contributed by atoms with E-state index >= 15 is 0 Å². The topological polar surface area (TPSA) is 111 Å². The lowest BCUT2D eigenvalue weighted by Crippen LogP contribution is -2.44. The highest BCUT2D eigenvalue weighted by Crippen LogP contribution is 2.13. The Bertz CT molecular complexity index is 780. The first-order chi connectivity index (χ1) is 22.1. The van der Waals surface area contributed by atoms with Gasteiger partial charge in [0.25, 0.3) is 0 Å². The number of quaternary nitrogens is 1. The van der Waals surface area contributed by atoms with Crippen LogP contribution in [0.15, 0.2) is 12.2 Å². The summed E-state index contributed by atoms with van der Waals surface area (Å²) in [6.45, 7) is 4.65. The van der Waals surface area contributed by atoms with Crippen LogP contribution >= 0.6 is 0 Å². The number of rotatable bonds is 33. The molecule has 0 rings (SSSR count). The summed E-state index contributed by atoms with van der Waals surface area (Å²) in [5.41, 5.74) is 0. The van der Waals surface area contributed by atoms with Gasteiger partial charge in [0.15, 0.2) is 12.4 Å². The van der Waals surface area contributed by atoms with Gasteiger partial charge >= 0.3 is 11.9 Å². The Labute approximate surface area is 281 Å². The van der Waals surface area contributed by atoms with Gasteiger partial charge < -0.3 is 33.3 Å². The number of hydrogen-bond donors (Lipinski definition) is 0. The van der Waals surface area contributed by atoms with Crippen LogP contribution in [-0.4, -0.2) is 82.3 Å². The molecule has 2 atom stereocenters. The third-order valence-corrected chi connectivity index (χ3v) is 7.76. The van der Waals surface area contributed by atoms with E-state index in [1.165, 1.54) is 57.8 Å². The molecule has 9 nitrogen and oxygen atoms in total. The number of carboxylic acid groups (broad SMARTS) is 1. The molecule has 0 bridgehead atoms. The largest absolute Gasteiger partial charge is 0.545 e. The average Bonchev–Trinajstić information content (AvgIpc) is 3.00. The minimum absolute atomic E-state index is 0.148. The highest BCUT2D eigenvalue weighted by Gasteiger charge is 2.21. The average molecular weight is 656 g/mol. The number of nitrogens with zero attached hydrogens (tertiary/aromatic N) is 1. The first-order valence-electron chi connectivity index (χ1n) is 18.3. The summed E-state index contributed by atoms with van der Waals surface area (Å²) in [5.74, 6) is -2.30. The number of likely N-dealkylation sites (N-methyl/N-ethyl adjacent to an activating group) is 1. The fraction of sp³-hybridized carbons (Fsp3) is 0.865. The number of carbonyl (C=O) groups is 3. The summed E-state index contributed by atoms with van der Waals surface area (Å²) >= 11 is 0. The maximum Gasteiger partial charge on any atom is 0.306 e. The molecule has 9 heteroatoms. The van der Waals surface area contributed by atoms with Crippen molar-refractivity contribution in [1.29, 1.82) is 0 Å². The first kappa shape index (κ1) is 44.0. The Morgan fingerprint density at radius 1 is 0.630 bits per heavy atom. The zero-order valence-corrected chi connectivity index (χ0v) is 30.2. The second-order valence-corrected chi connectivity index (χ2v) is 13.5. The second kappa shape index (κ2) is 30.4. The summed E-state index contributed by atoms with van der Waals surface area (Å²) in [4.78, 5) is 36.6. The molecule has 0 radical (unpaired) electrons. The van der Waals surface area contributed by atoms with Crippen LogP contribution in [0.2, 0.25) is 0 Å². The summed E-state index contributed by atoms with van der Waals surface area (Å²) in [6.07, 6.45) is 23.9. The van der Waals surface area contributed by atoms with Crippen LogP contribution in [0.4, 0.5) is 0 Å². The van der Waals surface area contributed by atoms with Crippen molar-refractivity contribution in [3.8, 4) is 0 Å². The predicted octanol–water partition coefficient (Wildman–Crippen LogP) is 7.04. The zero-order chi connectivity index (χ0) is 34.3. The molecule has 0 heterocycles. The molecule has 0 aliphatic heterocycles. The molecule has 0 spiro atoms. The third kappa shape index (κ3) is 30.7. The number of unbranched alkanes of at least 4 members (excludes halogenated alkanes) is 16. The molecule has 0 aromatic rings. The SMILES string of the molecule is CCCC/C=C\CCCCCCCC(=O)OC(COC(=O)CCCCCCCCCCCC)COC(OCC[N+](C)(C)C)C(=O)[O-]. The van der Waals surface area contributed by atoms with Crippen LogP contribution in [0.5, 0.6) is 0 Å². The maximum atomic E-state index is 12.6. The standard InChI is InChI=1S/C37H69NO8/c1-6-8-10-12-14-16-18-20-22-24-26-28-35(40)46-33(32-45-37(36(41)42)43-30-29-38(3,4)5)31-44-34(39)27-25-23-21-19-17-15-13-11-9-7-2/h12,14,33,37H,6-11,13,15-32H2,1-5H3/b14-12-. The van der Waals surface area contributed by atoms with E-state index in [2.05, 4.69) is 26.0 Å². The number of allylic oxidation sites excluding steroid dienone is 2. The van der Waals surface area contributed by atoms with Crippen molar-refractivity contribution in [1.82, 2.24) is 0 Å². The number of carbonyl (C=O) groups excluding carboxylic acids is 3. The molecule has 0 aromatic carbocycles. The zero-order valence-electron chi connectivity index (χ0n) is 30.2. The lowest BCUT2D eigenvalue weighted by Gasteiger charge is -2.26. The van der Waals surface area contributed by atoms with Gasteiger partial charge in [0, 0.05) is 12.8 Å². The lowest BCUT2D eigenvalue weighted by atomic mass is 10.1. The van der Waals surface area contributed by atoms with Crippen molar-refractivity contribution in [3.05, 3.63) is 12.2 Å². The highest BCUT2D eigenvalue weighted by molar-refractivity contribution is 5.70. The van der Waals surface area contributed by atoms with Gasteiger partial charge in [0.1, 0.15) is 13.2 Å².